The largest absolute Gasteiger partial charge is 0.357 e. The summed E-state index contributed by atoms with van der Waals surface area (Å²) in [5.74, 6) is 0.680. The number of guanidine groups is 1. The Morgan fingerprint density at radius 1 is 1.21 bits per heavy atom. The molecule has 6 nitrogen and oxygen atoms in total. The first-order valence-electron chi connectivity index (χ1n) is 7.86. The Bertz CT molecular complexity index is 692. The van der Waals surface area contributed by atoms with Crippen LogP contribution in [0.1, 0.15) is 32.0 Å². The molecule has 1 amide bonds. The molecule has 0 radical (unpaired) electrons. The highest BCUT2D eigenvalue weighted by Crippen LogP contribution is 2.15. The van der Waals surface area contributed by atoms with Gasteiger partial charge >= 0.3 is 0 Å². The Kier molecular flexibility index (Phi) is 7.20. The van der Waals surface area contributed by atoms with Crippen LogP contribution >= 0.6 is 22.7 Å². The van der Waals surface area contributed by atoms with Crippen LogP contribution in [0, 0.1) is 13.8 Å². The molecule has 0 saturated heterocycles. The van der Waals surface area contributed by atoms with Crippen molar-refractivity contribution >= 4 is 34.5 Å². The highest BCUT2D eigenvalue weighted by Gasteiger charge is 2.10. The number of carbonyl (C=O) groups is 1. The Morgan fingerprint density at radius 3 is 2.62 bits per heavy atom. The zero-order valence-electron chi connectivity index (χ0n) is 14.2. The van der Waals surface area contributed by atoms with Crippen molar-refractivity contribution in [1.29, 1.82) is 0 Å². The number of aromatic nitrogens is 1. The second-order valence-electron chi connectivity index (χ2n) is 5.16. The van der Waals surface area contributed by atoms with E-state index in [2.05, 4.69) is 45.0 Å². The van der Waals surface area contributed by atoms with Crippen molar-refractivity contribution in [2.75, 3.05) is 19.6 Å². The standard InChI is InChI=1S/C16H23N5OS2/c1-4-17-16(20-9-13-6-5-11(2)24-13)19-8-7-18-15(22)14-12(3)21-10-23-14/h5-6,10H,4,7-9H2,1-3H3,(H,18,22)(H2,17,19,20). The molecule has 0 bridgehead atoms. The zero-order valence-corrected chi connectivity index (χ0v) is 15.8. The first-order valence-corrected chi connectivity index (χ1v) is 9.55. The van der Waals surface area contributed by atoms with Crippen LogP contribution in [-0.2, 0) is 6.54 Å². The van der Waals surface area contributed by atoms with Crippen molar-refractivity contribution in [3.63, 3.8) is 0 Å². The van der Waals surface area contributed by atoms with E-state index >= 15 is 0 Å². The number of thiazole rings is 1. The number of amides is 1. The van der Waals surface area contributed by atoms with Gasteiger partial charge in [-0.05, 0) is 32.9 Å². The van der Waals surface area contributed by atoms with Gasteiger partial charge in [0.15, 0.2) is 5.96 Å². The van der Waals surface area contributed by atoms with Gasteiger partial charge in [-0.25, -0.2) is 9.98 Å². The number of hydrogen-bond donors (Lipinski definition) is 3. The van der Waals surface area contributed by atoms with Gasteiger partial charge in [0.2, 0.25) is 0 Å². The second-order valence-corrected chi connectivity index (χ2v) is 7.38. The third-order valence-corrected chi connectivity index (χ3v) is 5.10. The molecule has 2 aromatic rings. The fourth-order valence-electron chi connectivity index (χ4n) is 2.03. The van der Waals surface area contributed by atoms with Crippen molar-refractivity contribution < 1.29 is 4.79 Å². The lowest BCUT2D eigenvalue weighted by atomic mass is 10.4. The van der Waals surface area contributed by atoms with E-state index in [-0.39, 0.29) is 5.91 Å². The number of nitrogens with one attached hydrogen (secondary N) is 3. The fraction of sp³-hybridized carbons (Fsp3) is 0.438. The topological polar surface area (TPSA) is 78.4 Å². The SMILES string of the molecule is CCNC(=NCc1ccc(C)s1)NCCNC(=O)c1scnc1C. The van der Waals surface area contributed by atoms with Crippen LogP contribution in [0.5, 0.6) is 0 Å². The number of thiophene rings is 1. The van der Waals surface area contributed by atoms with Crippen molar-refractivity contribution in [3.05, 3.63) is 38.0 Å². The summed E-state index contributed by atoms with van der Waals surface area (Å²) >= 11 is 3.11. The normalized spacial score (nSPS) is 11.4. The number of carbonyl (C=O) groups excluding carboxylic acids is 1. The van der Waals surface area contributed by atoms with E-state index in [1.807, 2.05) is 13.8 Å². The van der Waals surface area contributed by atoms with Crippen molar-refractivity contribution in [3.8, 4) is 0 Å². The maximum Gasteiger partial charge on any atom is 0.263 e. The summed E-state index contributed by atoms with van der Waals surface area (Å²) in [4.78, 5) is 23.8. The molecule has 0 aromatic carbocycles. The molecule has 2 aromatic heterocycles. The van der Waals surface area contributed by atoms with Gasteiger partial charge in [0, 0.05) is 29.4 Å². The zero-order chi connectivity index (χ0) is 17.4. The van der Waals surface area contributed by atoms with E-state index in [4.69, 9.17) is 0 Å². The minimum absolute atomic E-state index is 0.0761. The highest BCUT2D eigenvalue weighted by molar-refractivity contribution is 7.12. The molecule has 0 spiro atoms. The summed E-state index contributed by atoms with van der Waals surface area (Å²) < 4.78 is 0. The maximum absolute atomic E-state index is 12.0. The Hall–Kier alpha value is -1.93. The van der Waals surface area contributed by atoms with E-state index in [0.717, 1.165) is 18.2 Å². The fourth-order valence-corrected chi connectivity index (χ4v) is 3.56. The summed E-state index contributed by atoms with van der Waals surface area (Å²) in [5, 5.41) is 9.33. The van der Waals surface area contributed by atoms with Gasteiger partial charge in [-0.3, -0.25) is 4.79 Å². The molecule has 0 saturated carbocycles. The molecule has 8 heteroatoms. The molecule has 2 rings (SSSR count). The Labute approximate surface area is 150 Å². The highest BCUT2D eigenvalue weighted by atomic mass is 32.1. The number of aliphatic imine (C=N–C) groups is 1. The summed E-state index contributed by atoms with van der Waals surface area (Å²) in [6.45, 7) is 8.54. The van der Waals surface area contributed by atoms with E-state index in [9.17, 15) is 4.79 Å². The number of rotatable bonds is 7. The molecular formula is C16H23N5OS2. The van der Waals surface area contributed by atoms with Crippen LogP contribution in [0.15, 0.2) is 22.6 Å². The molecule has 0 aliphatic rings. The lowest BCUT2D eigenvalue weighted by Gasteiger charge is -2.11. The van der Waals surface area contributed by atoms with Crippen LogP contribution in [0.2, 0.25) is 0 Å². The van der Waals surface area contributed by atoms with Gasteiger partial charge < -0.3 is 16.0 Å². The molecule has 3 N–H and O–H groups in total. The molecule has 2 heterocycles. The molecule has 0 fully saturated rings. The van der Waals surface area contributed by atoms with Crippen LogP contribution in [-0.4, -0.2) is 36.5 Å². The average Bonchev–Trinajstić information content (AvgIpc) is 3.17. The quantitative estimate of drug-likeness (QED) is 0.400. The number of hydrogen-bond acceptors (Lipinski definition) is 5. The Balaban J connectivity index is 1.76. The lowest BCUT2D eigenvalue weighted by molar-refractivity contribution is 0.0957. The summed E-state index contributed by atoms with van der Waals surface area (Å²) in [7, 11) is 0. The van der Waals surface area contributed by atoms with Gasteiger partial charge in [0.05, 0.1) is 17.7 Å². The predicted molar refractivity (Wildman–Crippen MR) is 101 cm³/mol. The van der Waals surface area contributed by atoms with Crippen LogP contribution in [0.25, 0.3) is 0 Å². The summed E-state index contributed by atoms with van der Waals surface area (Å²) in [6.07, 6.45) is 0. The first-order chi connectivity index (χ1) is 11.6. The van der Waals surface area contributed by atoms with Crippen LogP contribution < -0.4 is 16.0 Å². The van der Waals surface area contributed by atoms with E-state index < -0.39 is 0 Å². The van der Waals surface area contributed by atoms with Gasteiger partial charge in [0.1, 0.15) is 4.88 Å². The lowest BCUT2D eigenvalue weighted by Crippen LogP contribution is -2.41. The van der Waals surface area contributed by atoms with Gasteiger partial charge in [-0.15, -0.1) is 22.7 Å². The van der Waals surface area contributed by atoms with Crippen molar-refractivity contribution in [1.82, 2.24) is 20.9 Å². The third-order valence-electron chi connectivity index (χ3n) is 3.19. The molecule has 24 heavy (non-hydrogen) atoms. The minimum Gasteiger partial charge on any atom is -0.357 e. The monoisotopic (exact) mass is 365 g/mol. The van der Waals surface area contributed by atoms with E-state index in [1.165, 1.54) is 21.1 Å². The third kappa shape index (κ3) is 5.61. The summed E-state index contributed by atoms with van der Waals surface area (Å²) in [5.41, 5.74) is 2.46. The Morgan fingerprint density at radius 2 is 2.00 bits per heavy atom. The second kappa shape index (κ2) is 9.39. The number of aryl methyl sites for hydroxylation is 2. The number of nitrogens with zero attached hydrogens (tertiary/aromatic N) is 2. The predicted octanol–water partition coefficient (Wildman–Crippen LogP) is 2.31. The van der Waals surface area contributed by atoms with Gasteiger partial charge in [0.25, 0.3) is 5.91 Å². The molecule has 0 unspecified atom stereocenters. The molecule has 0 atom stereocenters. The molecule has 0 aliphatic heterocycles. The summed E-state index contributed by atoms with van der Waals surface area (Å²) in [6, 6.07) is 4.21. The van der Waals surface area contributed by atoms with Crippen molar-refractivity contribution in [2.45, 2.75) is 27.3 Å². The average molecular weight is 366 g/mol. The van der Waals surface area contributed by atoms with Crippen LogP contribution in [0.3, 0.4) is 0 Å². The minimum atomic E-state index is -0.0761. The van der Waals surface area contributed by atoms with Crippen molar-refractivity contribution in [2.24, 2.45) is 4.99 Å². The van der Waals surface area contributed by atoms with E-state index in [0.29, 0.717) is 24.5 Å². The smallest absolute Gasteiger partial charge is 0.263 e. The van der Waals surface area contributed by atoms with Gasteiger partial charge in [-0.2, -0.15) is 0 Å². The molecule has 0 aliphatic carbocycles. The van der Waals surface area contributed by atoms with E-state index in [1.54, 1.807) is 16.8 Å². The first kappa shape index (κ1) is 18.4. The molecular weight excluding hydrogens is 342 g/mol. The maximum atomic E-state index is 12.0. The van der Waals surface area contributed by atoms with Gasteiger partial charge in [-0.1, -0.05) is 0 Å². The molecule has 130 valence electrons. The van der Waals surface area contributed by atoms with Crippen LogP contribution in [0.4, 0.5) is 0 Å².